The molecule has 3 aromatic rings. The van der Waals surface area contributed by atoms with Crippen LogP contribution in [0.2, 0.25) is 0 Å². The Morgan fingerprint density at radius 1 is 1.04 bits per heavy atom. The van der Waals surface area contributed by atoms with Crippen LogP contribution in [0.5, 0.6) is 0 Å². The van der Waals surface area contributed by atoms with Crippen LogP contribution in [0, 0.1) is 0 Å². The highest BCUT2D eigenvalue weighted by atomic mass is 16.3. The van der Waals surface area contributed by atoms with Gasteiger partial charge in [-0.3, -0.25) is 0 Å². The molecule has 0 saturated carbocycles. The summed E-state index contributed by atoms with van der Waals surface area (Å²) in [6, 6.07) is 24.2. The molecule has 3 aromatic carbocycles. The number of benzene rings is 3. The molecule has 0 amide bonds. The Labute approximate surface area is 155 Å². The second-order valence-corrected chi connectivity index (χ2v) is 7.21. The Hall–Kier alpha value is -2.36. The molecule has 1 fully saturated rings. The van der Waals surface area contributed by atoms with Crippen molar-refractivity contribution in [3.63, 3.8) is 0 Å². The largest absolute Gasteiger partial charge is 0.392 e. The van der Waals surface area contributed by atoms with Gasteiger partial charge in [0.1, 0.15) is 0 Å². The van der Waals surface area contributed by atoms with Gasteiger partial charge in [0.05, 0.1) is 6.61 Å². The van der Waals surface area contributed by atoms with Gasteiger partial charge in [-0.25, -0.2) is 0 Å². The quantitative estimate of drug-likeness (QED) is 0.724. The second kappa shape index (κ2) is 7.48. The molecule has 1 heterocycles. The Balaban J connectivity index is 1.44. The minimum Gasteiger partial charge on any atom is -0.392 e. The van der Waals surface area contributed by atoms with Crippen LogP contribution >= 0.6 is 0 Å². The fourth-order valence-electron chi connectivity index (χ4n) is 4.01. The molecule has 26 heavy (non-hydrogen) atoms. The van der Waals surface area contributed by atoms with E-state index in [1.54, 1.807) is 0 Å². The molecule has 3 nitrogen and oxygen atoms in total. The molecule has 1 aliphatic heterocycles. The standard InChI is InChI=1S/C23H26N2O/c1-17(22-8-4-6-19-5-2-3-7-23(19)22)24-20-13-14-25(15-20)21-11-9-18(16-26)10-12-21/h2-12,17,20,24,26H,13-16H2,1H3. The first-order valence-corrected chi connectivity index (χ1v) is 9.43. The third-order valence-corrected chi connectivity index (χ3v) is 5.45. The molecule has 2 N–H and O–H groups in total. The fourth-order valence-corrected chi connectivity index (χ4v) is 4.01. The van der Waals surface area contributed by atoms with Gasteiger partial charge < -0.3 is 15.3 Å². The average molecular weight is 346 g/mol. The van der Waals surface area contributed by atoms with Crippen molar-refractivity contribution >= 4 is 16.5 Å². The number of nitrogens with one attached hydrogen (secondary N) is 1. The van der Waals surface area contributed by atoms with Gasteiger partial charge in [-0.1, -0.05) is 54.6 Å². The lowest BCUT2D eigenvalue weighted by Gasteiger charge is -2.23. The van der Waals surface area contributed by atoms with Crippen molar-refractivity contribution in [2.45, 2.75) is 32.0 Å². The number of hydrogen-bond acceptors (Lipinski definition) is 3. The minimum atomic E-state index is 0.104. The van der Waals surface area contributed by atoms with E-state index in [2.05, 4.69) is 71.7 Å². The van der Waals surface area contributed by atoms with E-state index in [1.165, 1.54) is 22.0 Å². The molecule has 3 heteroatoms. The van der Waals surface area contributed by atoms with Gasteiger partial charge in [0, 0.05) is 30.9 Å². The Bertz CT molecular complexity index is 870. The highest BCUT2D eigenvalue weighted by molar-refractivity contribution is 5.86. The van der Waals surface area contributed by atoms with Crippen molar-refractivity contribution in [2.24, 2.45) is 0 Å². The van der Waals surface area contributed by atoms with E-state index in [0.717, 1.165) is 25.1 Å². The number of rotatable bonds is 5. The first-order valence-electron chi connectivity index (χ1n) is 9.43. The molecule has 1 aliphatic rings. The van der Waals surface area contributed by atoms with Gasteiger partial charge in [0.2, 0.25) is 0 Å². The van der Waals surface area contributed by atoms with Crippen LogP contribution in [0.1, 0.15) is 30.5 Å². The van der Waals surface area contributed by atoms with Crippen LogP contribution in [0.3, 0.4) is 0 Å². The summed E-state index contributed by atoms with van der Waals surface area (Å²) in [5.41, 5.74) is 3.57. The van der Waals surface area contributed by atoms with Crippen molar-refractivity contribution in [2.75, 3.05) is 18.0 Å². The number of fused-ring (bicyclic) bond motifs is 1. The predicted molar refractivity (Wildman–Crippen MR) is 108 cm³/mol. The summed E-state index contributed by atoms with van der Waals surface area (Å²) < 4.78 is 0. The Morgan fingerprint density at radius 3 is 2.62 bits per heavy atom. The van der Waals surface area contributed by atoms with Gasteiger partial charge in [0.25, 0.3) is 0 Å². The smallest absolute Gasteiger partial charge is 0.0681 e. The van der Waals surface area contributed by atoms with Crippen LogP contribution in [-0.4, -0.2) is 24.2 Å². The number of aliphatic hydroxyl groups excluding tert-OH is 1. The number of aliphatic hydroxyl groups is 1. The molecule has 1 saturated heterocycles. The summed E-state index contributed by atoms with van der Waals surface area (Å²) in [7, 11) is 0. The van der Waals surface area contributed by atoms with Crippen molar-refractivity contribution in [1.29, 1.82) is 0 Å². The zero-order chi connectivity index (χ0) is 17.9. The lowest BCUT2D eigenvalue weighted by atomic mass is 9.99. The summed E-state index contributed by atoms with van der Waals surface area (Å²) in [5, 5.41) is 15.7. The Morgan fingerprint density at radius 2 is 1.81 bits per heavy atom. The molecular formula is C23H26N2O. The van der Waals surface area contributed by atoms with Gasteiger partial charge in [0.15, 0.2) is 0 Å². The zero-order valence-corrected chi connectivity index (χ0v) is 15.2. The highest BCUT2D eigenvalue weighted by Crippen LogP contribution is 2.26. The van der Waals surface area contributed by atoms with E-state index in [0.29, 0.717) is 12.1 Å². The maximum atomic E-state index is 9.19. The zero-order valence-electron chi connectivity index (χ0n) is 15.2. The maximum absolute atomic E-state index is 9.19. The van der Waals surface area contributed by atoms with E-state index in [1.807, 2.05) is 12.1 Å². The van der Waals surface area contributed by atoms with Gasteiger partial charge in [-0.15, -0.1) is 0 Å². The first kappa shape index (κ1) is 17.1. The summed E-state index contributed by atoms with van der Waals surface area (Å²) in [4.78, 5) is 2.43. The summed E-state index contributed by atoms with van der Waals surface area (Å²) >= 11 is 0. The van der Waals surface area contributed by atoms with Crippen molar-refractivity contribution in [1.82, 2.24) is 5.32 Å². The molecule has 2 atom stereocenters. The molecule has 0 radical (unpaired) electrons. The Kier molecular flexibility index (Phi) is 4.91. The monoisotopic (exact) mass is 346 g/mol. The minimum absolute atomic E-state index is 0.104. The fraction of sp³-hybridized carbons (Fsp3) is 0.304. The van der Waals surface area contributed by atoms with Crippen LogP contribution in [0.15, 0.2) is 66.7 Å². The maximum Gasteiger partial charge on any atom is 0.0681 e. The molecule has 0 aliphatic carbocycles. The van der Waals surface area contributed by atoms with Crippen LogP contribution in [0.4, 0.5) is 5.69 Å². The predicted octanol–water partition coefficient (Wildman–Crippen LogP) is 4.26. The number of hydrogen-bond donors (Lipinski definition) is 2. The van der Waals surface area contributed by atoms with E-state index < -0.39 is 0 Å². The van der Waals surface area contributed by atoms with Gasteiger partial charge in [-0.2, -0.15) is 0 Å². The van der Waals surface area contributed by atoms with E-state index in [9.17, 15) is 5.11 Å². The third-order valence-electron chi connectivity index (χ3n) is 5.45. The van der Waals surface area contributed by atoms with Crippen LogP contribution in [0.25, 0.3) is 10.8 Å². The molecule has 0 spiro atoms. The van der Waals surface area contributed by atoms with E-state index in [-0.39, 0.29) is 6.61 Å². The normalized spacial score (nSPS) is 18.4. The second-order valence-electron chi connectivity index (χ2n) is 7.21. The van der Waals surface area contributed by atoms with Crippen LogP contribution in [-0.2, 0) is 6.61 Å². The van der Waals surface area contributed by atoms with E-state index in [4.69, 9.17) is 0 Å². The molecule has 0 bridgehead atoms. The molecule has 2 unspecified atom stereocenters. The molecule has 134 valence electrons. The van der Waals surface area contributed by atoms with Crippen molar-refractivity contribution < 1.29 is 5.11 Å². The topological polar surface area (TPSA) is 35.5 Å². The molecular weight excluding hydrogens is 320 g/mol. The van der Waals surface area contributed by atoms with Crippen molar-refractivity contribution in [3.8, 4) is 0 Å². The third kappa shape index (κ3) is 3.46. The van der Waals surface area contributed by atoms with Gasteiger partial charge in [-0.05, 0) is 47.4 Å². The SMILES string of the molecule is CC(NC1CCN(c2ccc(CO)cc2)C1)c1cccc2ccccc12. The summed E-state index contributed by atoms with van der Waals surface area (Å²) in [6.07, 6.45) is 1.15. The van der Waals surface area contributed by atoms with Crippen LogP contribution < -0.4 is 10.2 Å². The number of anilines is 1. The lowest BCUT2D eigenvalue weighted by molar-refractivity contribution is 0.282. The summed E-state index contributed by atoms with van der Waals surface area (Å²) in [5.74, 6) is 0. The van der Waals surface area contributed by atoms with Crippen molar-refractivity contribution in [3.05, 3.63) is 77.9 Å². The highest BCUT2D eigenvalue weighted by Gasteiger charge is 2.24. The van der Waals surface area contributed by atoms with E-state index >= 15 is 0 Å². The van der Waals surface area contributed by atoms with Gasteiger partial charge >= 0.3 is 0 Å². The number of nitrogens with zero attached hydrogens (tertiary/aromatic N) is 1. The summed E-state index contributed by atoms with van der Waals surface area (Å²) in [6.45, 7) is 4.46. The molecule has 4 rings (SSSR count). The molecule has 0 aromatic heterocycles. The average Bonchev–Trinajstić information content (AvgIpc) is 3.16. The lowest BCUT2D eigenvalue weighted by Crippen LogP contribution is -2.34. The first-order chi connectivity index (χ1) is 12.7.